The molecule has 0 aliphatic carbocycles. The Morgan fingerprint density at radius 2 is 2.00 bits per heavy atom. The number of benzene rings is 2. The Morgan fingerprint density at radius 1 is 1.28 bits per heavy atom. The zero-order valence-corrected chi connectivity index (χ0v) is 14.2. The van der Waals surface area contributed by atoms with Crippen molar-refractivity contribution in [2.24, 2.45) is 0 Å². The number of hydrogen-bond donors (Lipinski definition) is 2. The van der Waals surface area contributed by atoms with Gasteiger partial charge in [-0.25, -0.2) is 4.39 Å². The number of rotatable bonds is 4. The van der Waals surface area contributed by atoms with E-state index in [1.54, 1.807) is 30.3 Å². The van der Waals surface area contributed by atoms with Crippen LogP contribution in [0.4, 0.5) is 10.1 Å². The van der Waals surface area contributed by atoms with E-state index in [2.05, 4.69) is 10.6 Å². The van der Waals surface area contributed by atoms with Crippen LogP contribution in [0.5, 0.6) is 5.75 Å². The highest BCUT2D eigenvalue weighted by Crippen LogP contribution is 2.35. The van der Waals surface area contributed by atoms with E-state index in [4.69, 9.17) is 16.3 Å². The lowest BCUT2D eigenvalue weighted by Gasteiger charge is -2.33. The predicted molar refractivity (Wildman–Crippen MR) is 92.2 cm³/mol. The molecule has 0 fully saturated rings. The lowest BCUT2D eigenvalue weighted by molar-refractivity contribution is -0.146. The summed E-state index contributed by atoms with van der Waals surface area (Å²) in [5.74, 6) is -1.05. The number of carbonyl (C=O) groups excluding carboxylic acids is 2. The highest BCUT2D eigenvalue weighted by molar-refractivity contribution is 6.31. The molecule has 5 nitrogen and oxygen atoms in total. The van der Waals surface area contributed by atoms with Gasteiger partial charge in [0.25, 0.3) is 17.4 Å². The average molecular weight is 363 g/mol. The zero-order valence-electron chi connectivity index (χ0n) is 13.4. The van der Waals surface area contributed by atoms with Crippen molar-refractivity contribution in [3.63, 3.8) is 0 Å². The molecule has 2 amide bonds. The van der Waals surface area contributed by atoms with Gasteiger partial charge in [0.2, 0.25) is 0 Å². The third-order valence-corrected chi connectivity index (χ3v) is 4.22. The quantitative estimate of drug-likeness (QED) is 0.822. The first kappa shape index (κ1) is 17.2. The summed E-state index contributed by atoms with van der Waals surface area (Å²) in [5, 5.41) is 5.77. The van der Waals surface area contributed by atoms with E-state index in [0.717, 1.165) is 5.56 Å². The van der Waals surface area contributed by atoms with Crippen molar-refractivity contribution in [3.8, 4) is 5.75 Å². The highest BCUT2D eigenvalue weighted by atomic mass is 35.5. The third-order valence-electron chi connectivity index (χ3n) is 3.98. The monoisotopic (exact) mass is 362 g/mol. The Bertz CT molecular complexity index is 826. The zero-order chi connectivity index (χ0) is 18.0. The summed E-state index contributed by atoms with van der Waals surface area (Å²) in [6.07, 6.45) is 0.510. The van der Waals surface area contributed by atoms with Gasteiger partial charge >= 0.3 is 0 Å². The summed E-state index contributed by atoms with van der Waals surface area (Å²) < 4.78 is 18.5. The van der Waals surface area contributed by atoms with Crippen LogP contribution < -0.4 is 15.4 Å². The van der Waals surface area contributed by atoms with Gasteiger partial charge in [-0.05, 0) is 49.2 Å². The molecular weight excluding hydrogens is 347 g/mol. The van der Waals surface area contributed by atoms with Crippen LogP contribution in [-0.4, -0.2) is 24.0 Å². The smallest absolute Gasteiger partial charge is 0.278 e. The first-order valence-electron chi connectivity index (χ1n) is 7.71. The number of amides is 2. The molecule has 0 saturated heterocycles. The molecule has 7 heteroatoms. The molecule has 0 radical (unpaired) electrons. The van der Waals surface area contributed by atoms with Gasteiger partial charge in [-0.3, -0.25) is 9.59 Å². The maximum Gasteiger partial charge on any atom is 0.278 e. The van der Waals surface area contributed by atoms with Crippen molar-refractivity contribution in [3.05, 3.63) is 58.9 Å². The number of hydrogen-bond acceptors (Lipinski definition) is 3. The van der Waals surface area contributed by atoms with Gasteiger partial charge in [0.05, 0.1) is 5.69 Å². The second-order valence-electron chi connectivity index (χ2n) is 5.86. The van der Waals surface area contributed by atoms with Crippen LogP contribution in [0.1, 0.15) is 12.5 Å². The number of ether oxygens (including phenoxy) is 1. The van der Waals surface area contributed by atoms with Crippen molar-refractivity contribution in [2.45, 2.75) is 18.9 Å². The molecule has 1 aliphatic heterocycles. The molecule has 1 heterocycles. The normalized spacial score (nSPS) is 18.8. The SMILES string of the molecule is CC1(C(=O)NCCc2ccc(F)cc2)Oc2ccc(Cl)cc2NC1=O. The molecule has 2 N–H and O–H groups in total. The molecule has 1 aliphatic rings. The molecule has 1 atom stereocenters. The topological polar surface area (TPSA) is 67.4 Å². The van der Waals surface area contributed by atoms with E-state index in [0.29, 0.717) is 29.4 Å². The summed E-state index contributed by atoms with van der Waals surface area (Å²) in [4.78, 5) is 24.8. The molecule has 0 aromatic heterocycles. The van der Waals surface area contributed by atoms with E-state index in [9.17, 15) is 14.0 Å². The van der Waals surface area contributed by atoms with Crippen LogP contribution in [0, 0.1) is 5.82 Å². The van der Waals surface area contributed by atoms with Crippen LogP contribution in [0.2, 0.25) is 5.02 Å². The van der Waals surface area contributed by atoms with Gasteiger partial charge in [-0.15, -0.1) is 0 Å². The van der Waals surface area contributed by atoms with Crippen molar-refractivity contribution < 1.29 is 18.7 Å². The minimum Gasteiger partial charge on any atom is -0.466 e. The fraction of sp³-hybridized carbons (Fsp3) is 0.222. The maximum atomic E-state index is 12.9. The summed E-state index contributed by atoms with van der Waals surface area (Å²) in [5.41, 5.74) is -0.376. The van der Waals surface area contributed by atoms with E-state index in [-0.39, 0.29) is 5.82 Å². The molecular formula is C18H16ClFN2O3. The van der Waals surface area contributed by atoms with E-state index >= 15 is 0 Å². The number of anilines is 1. The summed E-state index contributed by atoms with van der Waals surface area (Å²) in [7, 11) is 0. The van der Waals surface area contributed by atoms with Gasteiger partial charge in [0, 0.05) is 11.6 Å². The first-order chi connectivity index (χ1) is 11.9. The largest absolute Gasteiger partial charge is 0.466 e. The summed E-state index contributed by atoms with van der Waals surface area (Å²) in [6, 6.07) is 10.8. The van der Waals surface area contributed by atoms with E-state index in [1.165, 1.54) is 19.1 Å². The van der Waals surface area contributed by atoms with Gasteiger partial charge in [0.15, 0.2) is 0 Å². The van der Waals surface area contributed by atoms with E-state index < -0.39 is 17.4 Å². The van der Waals surface area contributed by atoms with Crippen LogP contribution in [0.15, 0.2) is 42.5 Å². The molecule has 3 rings (SSSR count). The molecule has 130 valence electrons. The molecule has 25 heavy (non-hydrogen) atoms. The molecule has 0 bridgehead atoms. The fourth-order valence-corrected chi connectivity index (χ4v) is 2.66. The van der Waals surface area contributed by atoms with Crippen LogP contribution in [-0.2, 0) is 16.0 Å². The minimum absolute atomic E-state index is 0.296. The Labute approximate surface area is 149 Å². The predicted octanol–water partition coefficient (Wildman–Crippen LogP) is 2.93. The Balaban J connectivity index is 1.65. The Kier molecular flexibility index (Phi) is 4.63. The minimum atomic E-state index is -1.68. The van der Waals surface area contributed by atoms with Gasteiger partial charge < -0.3 is 15.4 Å². The van der Waals surface area contributed by atoms with Crippen LogP contribution >= 0.6 is 11.6 Å². The van der Waals surface area contributed by atoms with Crippen molar-refractivity contribution in [1.29, 1.82) is 0 Å². The Morgan fingerprint density at radius 3 is 2.72 bits per heavy atom. The maximum absolute atomic E-state index is 12.9. The molecule has 2 aromatic carbocycles. The van der Waals surface area contributed by atoms with Crippen molar-refractivity contribution in [2.75, 3.05) is 11.9 Å². The van der Waals surface area contributed by atoms with Gasteiger partial charge in [0.1, 0.15) is 11.6 Å². The first-order valence-corrected chi connectivity index (χ1v) is 8.09. The van der Waals surface area contributed by atoms with Crippen molar-refractivity contribution >= 4 is 29.1 Å². The average Bonchev–Trinajstić information content (AvgIpc) is 2.58. The number of nitrogens with one attached hydrogen (secondary N) is 2. The van der Waals surface area contributed by atoms with Crippen LogP contribution in [0.3, 0.4) is 0 Å². The highest BCUT2D eigenvalue weighted by Gasteiger charge is 2.47. The second-order valence-corrected chi connectivity index (χ2v) is 6.30. The summed E-state index contributed by atoms with van der Waals surface area (Å²) >= 11 is 5.88. The third kappa shape index (κ3) is 3.58. The van der Waals surface area contributed by atoms with Crippen LogP contribution in [0.25, 0.3) is 0 Å². The standard InChI is InChI=1S/C18H16ClFN2O3/c1-18(16(23)21-9-8-11-2-5-13(20)6-3-11)17(24)22-14-10-12(19)4-7-15(14)25-18/h2-7,10H,8-9H2,1H3,(H,21,23)(H,22,24). The lowest BCUT2D eigenvalue weighted by atomic mass is 10.0. The Hall–Kier alpha value is -2.60. The van der Waals surface area contributed by atoms with Gasteiger partial charge in [-0.2, -0.15) is 0 Å². The number of fused-ring (bicyclic) bond motifs is 1. The molecule has 2 aromatic rings. The molecule has 0 saturated carbocycles. The van der Waals surface area contributed by atoms with Gasteiger partial charge in [-0.1, -0.05) is 23.7 Å². The second kappa shape index (κ2) is 6.72. The summed E-state index contributed by atoms with van der Waals surface area (Å²) in [6.45, 7) is 1.71. The number of carbonyl (C=O) groups is 2. The molecule has 0 spiro atoms. The number of halogens is 2. The fourth-order valence-electron chi connectivity index (χ4n) is 2.49. The molecule has 1 unspecified atom stereocenters. The lowest BCUT2D eigenvalue weighted by Crippen LogP contribution is -2.58. The van der Waals surface area contributed by atoms with E-state index in [1.807, 2.05) is 0 Å². The van der Waals surface area contributed by atoms with Crippen molar-refractivity contribution in [1.82, 2.24) is 5.32 Å².